The van der Waals surface area contributed by atoms with Gasteiger partial charge in [0.15, 0.2) is 0 Å². The second kappa shape index (κ2) is 6.81. The Labute approximate surface area is 117 Å². The molecule has 1 aromatic rings. The fourth-order valence-electron chi connectivity index (χ4n) is 2.18. The fraction of sp³-hybridized carbons (Fsp3) is 0.357. The summed E-state index contributed by atoms with van der Waals surface area (Å²) in [7, 11) is 0. The molecule has 1 saturated heterocycles. The number of nitro benzene ring substituents is 1. The molecule has 0 aromatic heterocycles. The van der Waals surface area contributed by atoms with Gasteiger partial charge in [0.2, 0.25) is 5.91 Å². The zero-order chi connectivity index (χ0) is 14.4. The van der Waals surface area contributed by atoms with Gasteiger partial charge in [0.25, 0.3) is 5.69 Å². The van der Waals surface area contributed by atoms with E-state index in [0.29, 0.717) is 5.56 Å². The second-order valence-corrected chi connectivity index (χ2v) is 4.70. The van der Waals surface area contributed by atoms with Crippen LogP contribution in [0.3, 0.4) is 0 Å². The standard InChI is InChI=1S/C14H17N3O3/c18-14(16-12-5-3-9-15-10-12)8-7-11-4-1-2-6-13(11)17(19)20/h1-2,4,6-8,12,15H,3,5,9-10H2,(H,16,18)/b8-7+/t12-/m1/s1. The molecule has 6 nitrogen and oxygen atoms in total. The molecule has 1 aliphatic heterocycles. The smallest absolute Gasteiger partial charge is 0.276 e. The van der Waals surface area contributed by atoms with Gasteiger partial charge in [-0.2, -0.15) is 0 Å². The van der Waals surface area contributed by atoms with Gasteiger partial charge in [0.05, 0.1) is 10.5 Å². The summed E-state index contributed by atoms with van der Waals surface area (Å²) in [5, 5.41) is 16.9. The van der Waals surface area contributed by atoms with Gasteiger partial charge in [-0.3, -0.25) is 14.9 Å². The van der Waals surface area contributed by atoms with Crippen molar-refractivity contribution in [2.45, 2.75) is 18.9 Å². The Morgan fingerprint density at radius 2 is 2.25 bits per heavy atom. The van der Waals surface area contributed by atoms with Crippen LogP contribution in [-0.4, -0.2) is 30.0 Å². The third-order valence-corrected chi connectivity index (χ3v) is 3.19. The molecule has 20 heavy (non-hydrogen) atoms. The molecule has 0 spiro atoms. The van der Waals surface area contributed by atoms with Crippen LogP contribution in [0.5, 0.6) is 0 Å². The molecule has 1 atom stereocenters. The maximum absolute atomic E-state index is 11.8. The first-order valence-corrected chi connectivity index (χ1v) is 6.59. The van der Waals surface area contributed by atoms with Gasteiger partial charge in [-0.05, 0) is 31.5 Å². The molecule has 0 saturated carbocycles. The minimum Gasteiger partial charge on any atom is -0.349 e. The molecule has 2 N–H and O–H groups in total. The van der Waals surface area contributed by atoms with E-state index in [9.17, 15) is 14.9 Å². The number of hydrogen-bond donors (Lipinski definition) is 2. The van der Waals surface area contributed by atoms with Gasteiger partial charge in [-0.15, -0.1) is 0 Å². The van der Waals surface area contributed by atoms with E-state index in [2.05, 4.69) is 10.6 Å². The maximum atomic E-state index is 11.8. The van der Waals surface area contributed by atoms with Crippen LogP contribution in [0, 0.1) is 10.1 Å². The van der Waals surface area contributed by atoms with Crippen molar-refractivity contribution >= 4 is 17.7 Å². The molecular weight excluding hydrogens is 258 g/mol. The summed E-state index contributed by atoms with van der Waals surface area (Å²) in [5.41, 5.74) is 0.422. The van der Waals surface area contributed by atoms with E-state index < -0.39 is 4.92 Å². The van der Waals surface area contributed by atoms with Crippen LogP contribution in [0.25, 0.3) is 6.08 Å². The monoisotopic (exact) mass is 275 g/mol. The molecule has 1 aliphatic rings. The zero-order valence-electron chi connectivity index (χ0n) is 11.0. The van der Waals surface area contributed by atoms with Crippen LogP contribution in [0.2, 0.25) is 0 Å². The molecule has 0 radical (unpaired) electrons. The predicted octanol–water partition coefficient (Wildman–Crippen LogP) is 1.48. The highest BCUT2D eigenvalue weighted by Crippen LogP contribution is 2.18. The molecule has 0 bridgehead atoms. The topological polar surface area (TPSA) is 84.3 Å². The highest BCUT2D eigenvalue weighted by Gasteiger charge is 2.14. The first-order valence-electron chi connectivity index (χ1n) is 6.59. The largest absolute Gasteiger partial charge is 0.349 e. The minimum atomic E-state index is -0.456. The summed E-state index contributed by atoms with van der Waals surface area (Å²) >= 11 is 0. The Balaban J connectivity index is 1.98. The maximum Gasteiger partial charge on any atom is 0.276 e. The fourth-order valence-corrected chi connectivity index (χ4v) is 2.18. The van der Waals surface area contributed by atoms with E-state index in [1.165, 1.54) is 18.2 Å². The number of para-hydroxylation sites is 1. The molecular formula is C14H17N3O3. The molecule has 106 valence electrons. The Morgan fingerprint density at radius 1 is 1.45 bits per heavy atom. The first kappa shape index (κ1) is 14.2. The van der Waals surface area contributed by atoms with E-state index in [1.807, 2.05) is 0 Å². The molecule has 1 fully saturated rings. The normalized spacial score (nSPS) is 18.9. The van der Waals surface area contributed by atoms with E-state index in [0.717, 1.165) is 25.9 Å². The lowest BCUT2D eigenvalue weighted by Crippen LogP contribution is -2.45. The molecule has 1 amide bonds. The van der Waals surface area contributed by atoms with E-state index in [-0.39, 0.29) is 17.6 Å². The molecule has 6 heteroatoms. The number of benzene rings is 1. The number of hydrogen-bond acceptors (Lipinski definition) is 4. The summed E-state index contributed by atoms with van der Waals surface area (Å²) in [6, 6.07) is 6.47. The van der Waals surface area contributed by atoms with Crippen LogP contribution in [-0.2, 0) is 4.79 Å². The third kappa shape index (κ3) is 3.89. The van der Waals surface area contributed by atoms with Gasteiger partial charge in [-0.1, -0.05) is 12.1 Å². The minimum absolute atomic E-state index is 0.00381. The number of nitrogens with one attached hydrogen (secondary N) is 2. The lowest BCUT2D eigenvalue weighted by atomic mass is 10.1. The van der Waals surface area contributed by atoms with Gasteiger partial charge in [0.1, 0.15) is 0 Å². The zero-order valence-corrected chi connectivity index (χ0v) is 11.0. The molecule has 0 aliphatic carbocycles. The van der Waals surface area contributed by atoms with Gasteiger partial charge in [-0.25, -0.2) is 0 Å². The predicted molar refractivity (Wildman–Crippen MR) is 76.2 cm³/mol. The Morgan fingerprint density at radius 3 is 2.95 bits per heavy atom. The van der Waals surface area contributed by atoms with Crippen LogP contribution >= 0.6 is 0 Å². The third-order valence-electron chi connectivity index (χ3n) is 3.19. The van der Waals surface area contributed by atoms with Gasteiger partial charge >= 0.3 is 0 Å². The number of nitro groups is 1. The number of carbonyl (C=O) groups is 1. The van der Waals surface area contributed by atoms with Crippen molar-refractivity contribution in [1.29, 1.82) is 0 Å². The summed E-state index contributed by atoms with van der Waals surface area (Å²) in [5.74, 6) is -0.225. The number of piperidine rings is 1. The summed E-state index contributed by atoms with van der Waals surface area (Å²) in [4.78, 5) is 22.2. The average molecular weight is 275 g/mol. The van der Waals surface area contributed by atoms with Crippen molar-refractivity contribution in [2.24, 2.45) is 0 Å². The molecule has 0 unspecified atom stereocenters. The van der Waals surface area contributed by atoms with Crippen molar-refractivity contribution in [2.75, 3.05) is 13.1 Å². The Kier molecular flexibility index (Phi) is 4.84. The SMILES string of the molecule is O=C(/C=C/c1ccccc1[N+](=O)[O-])N[C@@H]1CCCNC1. The van der Waals surface area contributed by atoms with Crippen LogP contribution in [0.4, 0.5) is 5.69 Å². The Hall–Kier alpha value is -2.21. The highest BCUT2D eigenvalue weighted by atomic mass is 16.6. The lowest BCUT2D eigenvalue weighted by Gasteiger charge is -2.23. The van der Waals surface area contributed by atoms with Gasteiger partial charge in [0, 0.05) is 24.7 Å². The number of amides is 1. The van der Waals surface area contributed by atoms with E-state index >= 15 is 0 Å². The van der Waals surface area contributed by atoms with E-state index in [1.54, 1.807) is 18.2 Å². The first-order chi connectivity index (χ1) is 9.66. The van der Waals surface area contributed by atoms with Crippen LogP contribution in [0.15, 0.2) is 30.3 Å². The summed E-state index contributed by atoms with van der Waals surface area (Å²) in [6.45, 7) is 1.75. The average Bonchev–Trinajstić information content (AvgIpc) is 2.46. The van der Waals surface area contributed by atoms with Crippen LogP contribution < -0.4 is 10.6 Å². The van der Waals surface area contributed by atoms with Crippen molar-refractivity contribution in [3.05, 3.63) is 46.0 Å². The summed E-state index contributed by atoms with van der Waals surface area (Å²) in [6.07, 6.45) is 4.82. The van der Waals surface area contributed by atoms with E-state index in [4.69, 9.17) is 0 Å². The number of rotatable bonds is 4. The van der Waals surface area contributed by atoms with Crippen molar-refractivity contribution in [1.82, 2.24) is 10.6 Å². The number of carbonyl (C=O) groups excluding carboxylic acids is 1. The summed E-state index contributed by atoms with van der Waals surface area (Å²) < 4.78 is 0. The molecule has 1 heterocycles. The van der Waals surface area contributed by atoms with Crippen molar-refractivity contribution < 1.29 is 9.72 Å². The van der Waals surface area contributed by atoms with Crippen molar-refractivity contribution in [3.63, 3.8) is 0 Å². The Bertz CT molecular complexity index is 522. The van der Waals surface area contributed by atoms with Gasteiger partial charge < -0.3 is 10.6 Å². The lowest BCUT2D eigenvalue weighted by molar-refractivity contribution is -0.385. The second-order valence-electron chi connectivity index (χ2n) is 4.70. The molecule has 1 aromatic carbocycles. The van der Waals surface area contributed by atoms with Crippen molar-refractivity contribution in [3.8, 4) is 0 Å². The number of nitrogens with zero attached hydrogens (tertiary/aromatic N) is 1. The molecule has 2 rings (SSSR count). The highest BCUT2D eigenvalue weighted by molar-refractivity contribution is 5.92. The quantitative estimate of drug-likeness (QED) is 0.495. The van der Waals surface area contributed by atoms with Crippen LogP contribution in [0.1, 0.15) is 18.4 Å².